The number of benzene rings is 1. The molecule has 5 heteroatoms. The van der Waals surface area contributed by atoms with Gasteiger partial charge in [-0.25, -0.2) is 0 Å². The summed E-state index contributed by atoms with van der Waals surface area (Å²) in [5.41, 5.74) is 0.669. The van der Waals surface area contributed by atoms with Crippen molar-refractivity contribution in [3.8, 4) is 0 Å². The van der Waals surface area contributed by atoms with Gasteiger partial charge >= 0.3 is 0 Å². The smallest absolute Gasteiger partial charge is 0.251 e. The zero-order valence-corrected chi connectivity index (χ0v) is 12.2. The Morgan fingerprint density at radius 3 is 2.60 bits per heavy atom. The Morgan fingerprint density at radius 1 is 1.45 bits per heavy atom. The van der Waals surface area contributed by atoms with Gasteiger partial charge in [0, 0.05) is 44.9 Å². The Labute approximate surface area is 119 Å². The van der Waals surface area contributed by atoms with Crippen molar-refractivity contribution in [3.63, 3.8) is 0 Å². The number of amides is 1. The van der Waals surface area contributed by atoms with E-state index in [4.69, 9.17) is 4.74 Å². The Morgan fingerprint density at radius 2 is 2.10 bits per heavy atom. The van der Waals surface area contributed by atoms with Crippen molar-refractivity contribution < 1.29 is 14.6 Å². The Hall–Kier alpha value is -1.59. The van der Waals surface area contributed by atoms with Crippen LogP contribution in [0.3, 0.4) is 0 Å². The van der Waals surface area contributed by atoms with Crippen LogP contribution in [0, 0.1) is 0 Å². The van der Waals surface area contributed by atoms with Gasteiger partial charge in [-0.2, -0.15) is 0 Å². The van der Waals surface area contributed by atoms with E-state index in [1.165, 1.54) is 0 Å². The van der Waals surface area contributed by atoms with Crippen LogP contribution in [-0.4, -0.2) is 50.0 Å². The quantitative estimate of drug-likeness (QED) is 0.863. The molecule has 2 rings (SSSR count). The van der Waals surface area contributed by atoms with Gasteiger partial charge < -0.3 is 20.1 Å². The first-order valence-electron chi connectivity index (χ1n) is 6.82. The van der Waals surface area contributed by atoms with E-state index < -0.39 is 5.60 Å². The predicted octanol–water partition coefficient (Wildman–Crippen LogP) is 1.02. The molecule has 0 radical (unpaired) electrons. The average Bonchev–Trinajstić information content (AvgIpc) is 2.76. The molecule has 20 heavy (non-hydrogen) atoms. The molecule has 1 aromatic carbocycles. The SMILES string of the molecule is CC1OCCC1(O)CNC(=O)c1ccc(N(C)C)cc1. The number of aliphatic hydroxyl groups is 1. The first kappa shape index (κ1) is 14.8. The van der Waals surface area contributed by atoms with E-state index in [1.807, 2.05) is 38.1 Å². The van der Waals surface area contributed by atoms with Crippen LogP contribution in [0.4, 0.5) is 5.69 Å². The number of rotatable bonds is 4. The summed E-state index contributed by atoms with van der Waals surface area (Å²) >= 11 is 0. The largest absolute Gasteiger partial charge is 0.385 e. The van der Waals surface area contributed by atoms with Crippen LogP contribution in [-0.2, 0) is 4.74 Å². The van der Waals surface area contributed by atoms with Gasteiger partial charge in [-0.05, 0) is 31.2 Å². The number of anilines is 1. The Bertz CT molecular complexity index is 473. The number of nitrogens with one attached hydrogen (secondary N) is 1. The third kappa shape index (κ3) is 3.11. The fourth-order valence-corrected chi connectivity index (χ4v) is 2.25. The number of hydrogen-bond donors (Lipinski definition) is 2. The van der Waals surface area contributed by atoms with Gasteiger partial charge in [0.1, 0.15) is 5.60 Å². The highest BCUT2D eigenvalue weighted by atomic mass is 16.5. The first-order valence-corrected chi connectivity index (χ1v) is 6.82. The maximum Gasteiger partial charge on any atom is 0.251 e. The maximum atomic E-state index is 12.1. The Kier molecular flexibility index (Phi) is 4.30. The lowest BCUT2D eigenvalue weighted by Gasteiger charge is -2.26. The maximum absolute atomic E-state index is 12.1. The molecule has 0 aromatic heterocycles. The van der Waals surface area contributed by atoms with Gasteiger partial charge in [0.15, 0.2) is 0 Å². The molecule has 2 atom stereocenters. The van der Waals surface area contributed by atoms with Crippen LogP contribution in [0.15, 0.2) is 24.3 Å². The number of nitrogens with zero attached hydrogens (tertiary/aromatic N) is 1. The molecule has 0 saturated carbocycles. The minimum atomic E-state index is -0.959. The fraction of sp³-hybridized carbons (Fsp3) is 0.533. The second kappa shape index (κ2) is 5.81. The second-order valence-electron chi connectivity index (χ2n) is 5.49. The van der Waals surface area contributed by atoms with Crippen molar-refractivity contribution in [3.05, 3.63) is 29.8 Å². The van der Waals surface area contributed by atoms with E-state index in [0.717, 1.165) is 5.69 Å². The normalized spacial score (nSPS) is 25.5. The molecule has 1 aliphatic rings. The lowest BCUT2D eigenvalue weighted by atomic mass is 9.96. The van der Waals surface area contributed by atoms with E-state index in [2.05, 4.69) is 5.32 Å². The van der Waals surface area contributed by atoms with Gasteiger partial charge in [-0.3, -0.25) is 4.79 Å². The molecular formula is C15H22N2O3. The van der Waals surface area contributed by atoms with Crippen LogP contribution >= 0.6 is 0 Å². The average molecular weight is 278 g/mol. The molecule has 1 heterocycles. The lowest BCUT2D eigenvalue weighted by Crippen LogP contribution is -2.47. The number of hydrogen-bond acceptors (Lipinski definition) is 4. The van der Waals surface area contributed by atoms with Crippen molar-refractivity contribution in [1.82, 2.24) is 5.32 Å². The summed E-state index contributed by atoms with van der Waals surface area (Å²) in [5.74, 6) is -0.178. The van der Waals surface area contributed by atoms with E-state index in [1.54, 1.807) is 12.1 Å². The standard InChI is InChI=1S/C15H22N2O3/c1-11-15(19,8-9-20-11)10-16-14(18)12-4-6-13(7-5-12)17(2)3/h4-7,11,19H,8-10H2,1-3H3,(H,16,18). The van der Waals surface area contributed by atoms with Gasteiger partial charge in [-0.1, -0.05) is 0 Å². The minimum Gasteiger partial charge on any atom is -0.385 e. The van der Waals surface area contributed by atoms with Crippen molar-refractivity contribution in [2.24, 2.45) is 0 Å². The predicted molar refractivity (Wildman–Crippen MR) is 78.1 cm³/mol. The second-order valence-corrected chi connectivity index (χ2v) is 5.49. The molecular weight excluding hydrogens is 256 g/mol. The summed E-state index contributed by atoms with van der Waals surface area (Å²) in [6.07, 6.45) is 0.299. The van der Waals surface area contributed by atoms with Crippen LogP contribution in [0.25, 0.3) is 0 Å². The van der Waals surface area contributed by atoms with E-state index in [0.29, 0.717) is 18.6 Å². The van der Waals surface area contributed by atoms with Gasteiger partial charge in [0.05, 0.1) is 6.10 Å². The van der Waals surface area contributed by atoms with Crippen molar-refractivity contribution in [2.75, 3.05) is 32.1 Å². The van der Waals surface area contributed by atoms with Gasteiger partial charge in [0.25, 0.3) is 5.91 Å². The van der Waals surface area contributed by atoms with Crippen molar-refractivity contribution in [1.29, 1.82) is 0 Å². The molecule has 1 fully saturated rings. The summed E-state index contributed by atoms with van der Waals surface area (Å²) in [7, 11) is 3.90. The van der Waals surface area contributed by atoms with Crippen LogP contribution in [0.2, 0.25) is 0 Å². The number of carbonyl (C=O) groups is 1. The van der Waals surface area contributed by atoms with Crippen molar-refractivity contribution >= 4 is 11.6 Å². The van der Waals surface area contributed by atoms with E-state index in [9.17, 15) is 9.90 Å². The topological polar surface area (TPSA) is 61.8 Å². The highest BCUT2D eigenvalue weighted by Gasteiger charge is 2.39. The van der Waals surface area contributed by atoms with Gasteiger partial charge in [0.2, 0.25) is 0 Å². The summed E-state index contributed by atoms with van der Waals surface area (Å²) < 4.78 is 5.34. The number of carbonyl (C=O) groups excluding carboxylic acids is 1. The molecule has 1 aliphatic heterocycles. The Balaban J connectivity index is 1.95. The van der Waals surface area contributed by atoms with Crippen molar-refractivity contribution in [2.45, 2.75) is 25.0 Å². The molecule has 2 unspecified atom stereocenters. The minimum absolute atomic E-state index is 0.178. The van der Waals surface area contributed by atoms with E-state index in [-0.39, 0.29) is 18.6 Å². The molecule has 1 aromatic rings. The molecule has 110 valence electrons. The molecule has 0 aliphatic carbocycles. The van der Waals surface area contributed by atoms with Crippen LogP contribution in [0.5, 0.6) is 0 Å². The summed E-state index contributed by atoms with van der Waals surface area (Å²) in [6.45, 7) is 2.57. The monoisotopic (exact) mass is 278 g/mol. The molecule has 1 saturated heterocycles. The number of ether oxygens (including phenoxy) is 1. The highest BCUT2D eigenvalue weighted by molar-refractivity contribution is 5.94. The summed E-state index contributed by atoms with van der Waals surface area (Å²) in [6, 6.07) is 7.35. The zero-order valence-electron chi connectivity index (χ0n) is 12.2. The summed E-state index contributed by atoms with van der Waals surface area (Å²) in [5, 5.41) is 13.1. The third-order valence-electron chi connectivity index (χ3n) is 3.86. The highest BCUT2D eigenvalue weighted by Crippen LogP contribution is 2.24. The lowest BCUT2D eigenvalue weighted by molar-refractivity contribution is -0.0251. The molecule has 2 N–H and O–H groups in total. The molecule has 0 bridgehead atoms. The zero-order chi connectivity index (χ0) is 14.8. The van der Waals surface area contributed by atoms with Crippen LogP contribution in [0.1, 0.15) is 23.7 Å². The molecule has 1 amide bonds. The van der Waals surface area contributed by atoms with E-state index >= 15 is 0 Å². The molecule has 0 spiro atoms. The first-order chi connectivity index (χ1) is 9.42. The third-order valence-corrected chi connectivity index (χ3v) is 3.86. The van der Waals surface area contributed by atoms with Crippen LogP contribution < -0.4 is 10.2 Å². The fourth-order valence-electron chi connectivity index (χ4n) is 2.25. The summed E-state index contributed by atoms with van der Waals surface area (Å²) in [4.78, 5) is 14.0. The van der Waals surface area contributed by atoms with Gasteiger partial charge in [-0.15, -0.1) is 0 Å². The molecule has 5 nitrogen and oxygen atoms in total.